The molecule has 0 saturated carbocycles. The molecule has 0 N–H and O–H groups in total. The minimum Gasteiger partial charge on any atom is -0.444 e. The number of carbonyl (C=O) groups is 1. The molecule has 1 aliphatic rings. The van der Waals surface area contributed by atoms with E-state index in [2.05, 4.69) is 23.4 Å². The summed E-state index contributed by atoms with van der Waals surface area (Å²) in [5, 5.41) is 0. The molecule has 3 rings (SSSR count). The third kappa shape index (κ3) is 2.43. The van der Waals surface area contributed by atoms with Crippen molar-refractivity contribution in [3.8, 4) is 0 Å². The van der Waals surface area contributed by atoms with E-state index in [-0.39, 0.29) is 11.2 Å². The average molecular weight is 286 g/mol. The zero-order valence-electron chi connectivity index (χ0n) is 13.4. The summed E-state index contributed by atoms with van der Waals surface area (Å²) in [6, 6.07) is 2.01. The second-order valence-electron chi connectivity index (χ2n) is 6.92. The van der Waals surface area contributed by atoms with Gasteiger partial charge in [0.05, 0.1) is 12.2 Å². The highest BCUT2D eigenvalue weighted by atomic mass is 16.4. The fourth-order valence-electron chi connectivity index (χ4n) is 3.17. The predicted octanol–water partition coefficient (Wildman–Crippen LogP) is 3.60. The molecule has 0 amide bonds. The maximum absolute atomic E-state index is 12.3. The highest BCUT2D eigenvalue weighted by molar-refractivity contribution is 5.99. The van der Waals surface area contributed by atoms with Crippen LogP contribution in [0.15, 0.2) is 10.5 Å². The van der Waals surface area contributed by atoms with Crippen molar-refractivity contribution in [3.05, 3.63) is 40.4 Å². The first-order valence-corrected chi connectivity index (χ1v) is 7.42. The summed E-state index contributed by atoms with van der Waals surface area (Å²) < 4.78 is 7.87. The highest BCUT2D eigenvalue weighted by Gasteiger charge is 2.34. The van der Waals surface area contributed by atoms with Gasteiger partial charge in [-0.25, -0.2) is 4.98 Å². The molecule has 2 aromatic rings. The Balaban J connectivity index is 2.02. The third-order valence-corrected chi connectivity index (χ3v) is 4.37. The maximum atomic E-state index is 12.3. The lowest BCUT2D eigenvalue weighted by atomic mass is 9.76. The van der Waals surface area contributed by atoms with E-state index in [0.29, 0.717) is 18.9 Å². The number of Topliss-reactive ketones (excluding diaryl/α,β-unsaturated/α-hetero) is 1. The van der Waals surface area contributed by atoms with E-state index in [1.807, 2.05) is 26.8 Å². The molecular formula is C17H22N2O2. The van der Waals surface area contributed by atoms with Crippen molar-refractivity contribution in [1.29, 1.82) is 0 Å². The summed E-state index contributed by atoms with van der Waals surface area (Å²) >= 11 is 0. The molecule has 0 saturated heterocycles. The van der Waals surface area contributed by atoms with Gasteiger partial charge in [0.25, 0.3) is 0 Å². The first-order valence-electron chi connectivity index (χ1n) is 7.42. The molecule has 0 atom stereocenters. The van der Waals surface area contributed by atoms with Crippen molar-refractivity contribution in [2.75, 3.05) is 0 Å². The van der Waals surface area contributed by atoms with Crippen molar-refractivity contribution in [3.63, 3.8) is 0 Å². The Bertz CT molecular complexity index is 700. The fraction of sp³-hybridized carbons (Fsp3) is 0.529. The smallest absolute Gasteiger partial charge is 0.214 e. The molecule has 0 aliphatic heterocycles. The van der Waals surface area contributed by atoms with Crippen LogP contribution in [0.3, 0.4) is 0 Å². The van der Waals surface area contributed by atoms with Gasteiger partial charge in [0.2, 0.25) is 5.89 Å². The van der Waals surface area contributed by atoms with Crippen molar-refractivity contribution < 1.29 is 9.21 Å². The minimum atomic E-state index is 0.0229. The molecule has 112 valence electrons. The second-order valence-corrected chi connectivity index (χ2v) is 6.92. The van der Waals surface area contributed by atoms with Crippen LogP contribution in [0.4, 0.5) is 0 Å². The Kier molecular flexibility index (Phi) is 3.08. The number of rotatable bonds is 2. The molecule has 0 unspecified atom stereocenters. The molecule has 0 radical (unpaired) electrons. The molecule has 1 aliphatic carbocycles. The number of carbonyl (C=O) groups excluding carboxylic acids is 1. The summed E-state index contributed by atoms with van der Waals surface area (Å²) in [7, 11) is 0. The SMILES string of the molecule is Cc1nc(Cn2c(C)cc3c2CC(C)(C)CC3=O)oc1C. The van der Waals surface area contributed by atoms with Crippen LogP contribution >= 0.6 is 0 Å². The van der Waals surface area contributed by atoms with Gasteiger partial charge in [-0.15, -0.1) is 0 Å². The molecular weight excluding hydrogens is 264 g/mol. The van der Waals surface area contributed by atoms with Gasteiger partial charge in [-0.3, -0.25) is 4.79 Å². The number of oxazole rings is 1. The van der Waals surface area contributed by atoms with E-state index in [9.17, 15) is 4.79 Å². The number of aromatic nitrogens is 2. The second kappa shape index (κ2) is 4.58. The molecule has 0 aromatic carbocycles. The summed E-state index contributed by atoms with van der Waals surface area (Å²) in [6.07, 6.45) is 1.54. The number of nitrogens with zero attached hydrogens (tertiary/aromatic N) is 2. The van der Waals surface area contributed by atoms with E-state index < -0.39 is 0 Å². The van der Waals surface area contributed by atoms with Crippen LogP contribution in [-0.4, -0.2) is 15.3 Å². The van der Waals surface area contributed by atoms with Crippen LogP contribution in [0.1, 0.15) is 59.4 Å². The van der Waals surface area contributed by atoms with E-state index in [4.69, 9.17) is 4.42 Å². The predicted molar refractivity (Wildman–Crippen MR) is 80.7 cm³/mol. The van der Waals surface area contributed by atoms with E-state index >= 15 is 0 Å². The van der Waals surface area contributed by atoms with E-state index in [0.717, 1.165) is 34.8 Å². The van der Waals surface area contributed by atoms with Gasteiger partial charge >= 0.3 is 0 Å². The quantitative estimate of drug-likeness (QED) is 0.847. The number of ketones is 1. The first kappa shape index (κ1) is 14.1. The van der Waals surface area contributed by atoms with E-state index in [1.54, 1.807) is 0 Å². The molecule has 4 heteroatoms. The van der Waals surface area contributed by atoms with Gasteiger partial charge in [-0.1, -0.05) is 13.8 Å². The molecule has 21 heavy (non-hydrogen) atoms. The molecule has 2 aromatic heterocycles. The lowest BCUT2D eigenvalue weighted by molar-refractivity contribution is 0.0910. The molecule has 2 heterocycles. The topological polar surface area (TPSA) is 48.0 Å². The van der Waals surface area contributed by atoms with Crippen LogP contribution in [0.2, 0.25) is 0 Å². The first-order chi connectivity index (χ1) is 9.77. The van der Waals surface area contributed by atoms with Crippen LogP contribution in [0, 0.1) is 26.2 Å². The third-order valence-electron chi connectivity index (χ3n) is 4.37. The monoisotopic (exact) mass is 286 g/mol. The lowest BCUT2D eigenvalue weighted by Gasteiger charge is -2.29. The summed E-state index contributed by atoms with van der Waals surface area (Å²) in [4.78, 5) is 16.8. The van der Waals surface area contributed by atoms with E-state index in [1.165, 1.54) is 0 Å². The van der Waals surface area contributed by atoms with Crippen LogP contribution in [0.5, 0.6) is 0 Å². The van der Waals surface area contributed by atoms with Gasteiger partial charge in [0.1, 0.15) is 5.76 Å². The minimum absolute atomic E-state index is 0.0229. The Morgan fingerprint density at radius 1 is 1.29 bits per heavy atom. The lowest BCUT2D eigenvalue weighted by Crippen LogP contribution is -2.28. The zero-order chi connectivity index (χ0) is 15.4. The van der Waals surface area contributed by atoms with Crippen LogP contribution in [0.25, 0.3) is 0 Å². The zero-order valence-corrected chi connectivity index (χ0v) is 13.4. The van der Waals surface area contributed by atoms with Gasteiger partial charge in [0, 0.05) is 23.4 Å². The van der Waals surface area contributed by atoms with Crippen molar-refractivity contribution in [2.45, 2.75) is 54.0 Å². The highest BCUT2D eigenvalue weighted by Crippen LogP contribution is 2.36. The Hall–Kier alpha value is -1.84. The maximum Gasteiger partial charge on any atom is 0.214 e. The Labute approximate surface area is 125 Å². The van der Waals surface area contributed by atoms with Gasteiger partial charge < -0.3 is 8.98 Å². The molecule has 0 spiro atoms. The van der Waals surface area contributed by atoms with Crippen LogP contribution < -0.4 is 0 Å². The number of aryl methyl sites for hydroxylation is 3. The number of hydrogen-bond acceptors (Lipinski definition) is 3. The molecule has 4 nitrogen and oxygen atoms in total. The summed E-state index contributed by atoms with van der Waals surface area (Å²) in [5.41, 5.74) is 4.06. The summed E-state index contributed by atoms with van der Waals surface area (Å²) in [5.74, 6) is 1.82. The average Bonchev–Trinajstić information content (AvgIpc) is 2.82. The molecule has 0 fully saturated rings. The fourth-order valence-corrected chi connectivity index (χ4v) is 3.17. The van der Waals surface area contributed by atoms with Gasteiger partial charge in [-0.2, -0.15) is 0 Å². The summed E-state index contributed by atoms with van der Waals surface area (Å²) in [6.45, 7) is 10.8. The normalized spacial score (nSPS) is 17.1. The molecule has 0 bridgehead atoms. The number of hydrogen-bond donors (Lipinski definition) is 0. The Morgan fingerprint density at radius 2 is 2.00 bits per heavy atom. The Morgan fingerprint density at radius 3 is 2.62 bits per heavy atom. The largest absolute Gasteiger partial charge is 0.444 e. The van der Waals surface area contributed by atoms with Gasteiger partial charge in [0.15, 0.2) is 5.78 Å². The van der Waals surface area contributed by atoms with Crippen molar-refractivity contribution in [1.82, 2.24) is 9.55 Å². The van der Waals surface area contributed by atoms with Gasteiger partial charge in [-0.05, 0) is 38.7 Å². The van der Waals surface area contributed by atoms with Crippen molar-refractivity contribution in [2.24, 2.45) is 5.41 Å². The van der Waals surface area contributed by atoms with Crippen molar-refractivity contribution >= 4 is 5.78 Å². The standard InChI is InChI=1S/C17H22N2O2/c1-10-6-13-14(7-17(4,5)8-15(13)20)19(10)9-16-18-11(2)12(3)21-16/h6H,7-9H2,1-5H3. The number of fused-ring (bicyclic) bond motifs is 1. The van der Waals surface area contributed by atoms with Crippen LogP contribution in [-0.2, 0) is 13.0 Å².